The zero-order chi connectivity index (χ0) is 27.5. The summed E-state index contributed by atoms with van der Waals surface area (Å²) in [6.07, 6.45) is -0.454. The summed E-state index contributed by atoms with van der Waals surface area (Å²) in [5.41, 5.74) is 3.57. The Labute approximate surface area is 237 Å². The monoisotopic (exact) mass is 533 g/mol. The minimum Gasteiger partial charge on any atom is -0.365 e. The van der Waals surface area contributed by atoms with Crippen molar-refractivity contribution in [2.24, 2.45) is 0 Å². The molecule has 2 nitrogen and oxygen atoms in total. The van der Waals surface area contributed by atoms with Crippen LogP contribution >= 0.6 is 11.6 Å². The van der Waals surface area contributed by atoms with Crippen LogP contribution in [0.5, 0.6) is 0 Å². The van der Waals surface area contributed by atoms with Gasteiger partial charge in [-0.15, -0.1) is 0 Å². The van der Waals surface area contributed by atoms with Gasteiger partial charge in [0.15, 0.2) is 0 Å². The molecular weight excluding hydrogens is 500 g/mol. The first-order valence-corrected chi connectivity index (χ1v) is 13.7. The van der Waals surface area contributed by atoms with Crippen molar-refractivity contribution in [3.8, 4) is 0 Å². The smallest absolute Gasteiger partial charge is 0.143 e. The summed E-state index contributed by atoms with van der Waals surface area (Å²) in [6.45, 7) is 10.5. The molecule has 3 heteroatoms. The van der Waals surface area contributed by atoms with E-state index in [1.807, 2.05) is 44.2 Å². The maximum atomic E-state index is 7.16. The van der Waals surface area contributed by atoms with E-state index < -0.39 is 17.3 Å². The first-order chi connectivity index (χ1) is 18.8. The van der Waals surface area contributed by atoms with Crippen LogP contribution in [0.1, 0.15) is 47.8 Å². The van der Waals surface area contributed by atoms with Gasteiger partial charge in [0.1, 0.15) is 11.7 Å². The van der Waals surface area contributed by atoms with Gasteiger partial charge in [-0.25, -0.2) is 0 Å². The fourth-order valence-electron chi connectivity index (χ4n) is 5.38. The van der Waals surface area contributed by atoms with Crippen molar-refractivity contribution < 1.29 is 9.47 Å². The summed E-state index contributed by atoms with van der Waals surface area (Å²) < 4.78 is 13.8. The van der Waals surface area contributed by atoms with Crippen LogP contribution in [0.15, 0.2) is 121 Å². The highest BCUT2D eigenvalue weighted by molar-refractivity contribution is 6.36. The van der Waals surface area contributed by atoms with Crippen molar-refractivity contribution in [2.75, 3.05) is 6.61 Å². The average Bonchev–Trinajstić information content (AvgIpc) is 2.94. The lowest BCUT2D eigenvalue weighted by Gasteiger charge is -2.38. The second-order valence-electron chi connectivity index (χ2n) is 10.6. The van der Waals surface area contributed by atoms with Gasteiger partial charge < -0.3 is 9.47 Å². The molecule has 0 aliphatic carbocycles. The van der Waals surface area contributed by atoms with Crippen molar-refractivity contribution in [3.05, 3.63) is 161 Å². The summed E-state index contributed by atoms with van der Waals surface area (Å²) >= 11 is 7.12. The molecule has 5 rings (SSSR count). The molecule has 0 amide bonds. The molecule has 1 unspecified atom stereocenters. The maximum Gasteiger partial charge on any atom is 0.143 e. The van der Waals surface area contributed by atoms with Gasteiger partial charge in [-0.05, 0) is 55.3 Å². The molecule has 0 bridgehead atoms. The van der Waals surface area contributed by atoms with E-state index in [4.69, 9.17) is 21.1 Å². The van der Waals surface area contributed by atoms with Crippen LogP contribution in [0.2, 0.25) is 5.02 Å². The number of rotatable bonds is 9. The van der Waals surface area contributed by atoms with E-state index in [2.05, 4.69) is 105 Å². The molecular formula is C36H34ClO2. The summed E-state index contributed by atoms with van der Waals surface area (Å²) in [6, 6.07) is 41.5. The third kappa shape index (κ3) is 5.65. The highest BCUT2D eigenvalue weighted by atomic mass is 35.5. The maximum absolute atomic E-state index is 7.16. The van der Waals surface area contributed by atoms with Crippen molar-refractivity contribution in [1.82, 2.24) is 0 Å². The minimum absolute atomic E-state index is 0.260. The van der Waals surface area contributed by atoms with Gasteiger partial charge in [0, 0.05) is 10.9 Å². The topological polar surface area (TPSA) is 18.5 Å². The molecule has 0 aromatic heterocycles. The summed E-state index contributed by atoms with van der Waals surface area (Å²) in [5.74, 6) is 0. The molecule has 0 aliphatic heterocycles. The summed E-state index contributed by atoms with van der Waals surface area (Å²) in [7, 11) is 0. The molecule has 5 aromatic rings. The Morgan fingerprint density at radius 2 is 1.18 bits per heavy atom. The van der Waals surface area contributed by atoms with Crippen LogP contribution in [0.3, 0.4) is 0 Å². The number of benzene rings is 5. The second kappa shape index (κ2) is 11.4. The molecule has 0 saturated heterocycles. The Bertz CT molecular complexity index is 1430. The first kappa shape index (κ1) is 27.1. The van der Waals surface area contributed by atoms with Crippen molar-refractivity contribution >= 4 is 22.4 Å². The van der Waals surface area contributed by atoms with E-state index in [-0.39, 0.29) is 6.61 Å². The highest BCUT2D eigenvalue weighted by Crippen LogP contribution is 2.43. The third-order valence-corrected chi connectivity index (χ3v) is 7.41. The average molecular weight is 534 g/mol. The van der Waals surface area contributed by atoms with Crippen LogP contribution in [0, 0.1) is 13.8 Å². The Morgan fingerprint density at radius 3 is 1.67 bits per heavy atom. The van der Waals surface area contributed by atoms with Gasteiger partial charge in [0.05, 0.1) is 17.2 Å². The molecule has 0 fully saturated rings. The predicted octanol–water partition coefficient (Wildman–Crippen LogP) is 9.48. The fourth-order valence-corrected chi connectivity index (χ4v) is 5.82. The number of halogens is 1. The standard InChI is InChI=1S/C36H34ClO2/c1-26-24-27-16-14-15-23-31(27)34(37)33(26)32(39-35(2,3)4)25-38-36(28-17-8-5-9-18-28,29-19-10-6-11-20-29)30-21-12-7-13-22-30/h5-24,32H,2,25H2,1,3-4H3. The molecule has 0 N–H and O–H groups in total. The van der Waals surface area contributed by atoms with Crippen molar-refractivity contribution in [3.63, 3.8) is 0 Å². The van der Waals surface area contributed by atoms with Gasteiger partial charge in [0.25, 0.3) is 0 Å². The largest absolute Gasteiger partial charge is 0.365 e. The van der Waals surface area contributed by atoms with Gasteiger partial charge >= 0.3 is 0 Å². The number of fused-ring (bicyclic) bond motifs is 1. The Kier molecular flexibility index (Phi) is 7.91. The van der Waals surface area contributed by atoms with E-state index in [1.165, 1.54) is 0 Å². The number of hydrogen-bond acceptors (Lipinski definition) is 2. The lowest BCUT2D eigenvalue weighted by Crippen LogP contribution is -2.36. The normalized spacial score (nSPS) is 12.9. The van der Waals surface area contributed by atoms with E-state index in [1.54, 1.807) is 0 Å². The molecule has 39 heavy (non-hydrogen) atoms. The molecule has 1 atom stereocenters. The van der Waals surface area contributed by atoms with Gasteiger partial charge in [-0.3, -0.25) is 0 Å². The zero-order valence-corrected chi connectivity index (χ0v) is 23.5. The molecule has 0 spiro atoms. The summed E-state index contributed by atoms with van der Waals surface area (Å²) in [4.78, 5) is 0. The van der Waals surface area contributed by atoms with E-state index >= 15 is 0 Å². The van der Waals surface area contributed by atoms with Gasteiger partial charge in [-0.1, -0.05) is 133 Å². The van der Waals surface area contributed by atoms with Crippen LogP contribution < -0.4 is 0 Å². The quantitative estimate of drug-likeness (QED) is 0.176. The molecule has 0 aliphatic rings. The second-order valence-corrected chi connectivity index (χ2v) is 11.0. The molecule has 1 radical (unpaired) electrons. The van der Waals surface area contributed by atoms with Crippen LogP contribution in [0.4, 0.5) is 0 Å². The Morgan fingerprint density at radius 1 is 0.718 bits per heavy atom. The molecule has 197 valence electrons. The van der Waals surface area contributed by atoms with Crippen LogP contribution in [-0.2, 0) is 15.1 Å². The van der Waals surface area contributed by atoms with Crippen LogP contribution in [-0.4, -0.2) is 12.2 Å². The van der Waals surface area contributed by atoms with Crippen molar-refractivity contribution in [1.29, 1.82) is 0 Å². The van der Waals surface area contributed by atoms with Crippen LogP contribution in [0.25, 0.3) is 10.8 Å². The first-order valence-electron chi connectivity index (χ1n) is 13.3. The van der Waals surface area contributed by atoms with E-state index in [9.17, 15) is 0 Å². The third-order valence-electron chi connectivity index (χ3n) is 7.01. The van der Waals surface area contributed by atoms with Crippen molar-refractivity contribution in [2.45, 2.75) is 38.1 Å². The lowest BCUT2D eigenvalue weighted by atomic mass is 9.80. The predicted molar refractivity (Wildman–Crippen MR) is 162 cm³/mol. The van der Waals surface area contributed by atoms with Gasteiger partial charge in [-0.2, -0.15) is 0 Å². The highest BCUT2D eigenvalue weighted by Gasteiger charge is 2.39. The SMILES string of the molecule is [CH2]C(C)(C)OC(COC(c1ccccc1)(c1ccccc1)c1ccccc1)c1c(C)cc2ccccc2c1Cl. The molecule has 5 aromatic carbocycles. The molecule has 0 saturated carbocycles. The zero-order valence-electron chi connectivity index (χ0n) is 22.7. The minimum atomic E-state index is -0.867. The lowest BCUT2D eigenvalue weighted by molar-refractivity contribution is -0.108. The Hall–Kier alpha value is -3.43. The number of aryl methyl sites for hydroxylation is 1. The number of hydrogen-bond donors (Lipinski definition) is 0. The van der Waals surface area contributed by atoms with E-state index in [0.29, 0.717) is 5.02 Å². The molecule has 0 heterocycles. The summed E-state index contributed by atoms with van der Waals surface area (Å²) in [5, 5.41) is 2.79. The fraction of sp³-hybridized carbons (Fsp3) is 0.194. The Balaban J connectivity index is 1.67. The van der Waals surface area contributed by atoms with Gasteiger partial charge in [0.2, 0.25) is 0 Å². The number of ether oxygens (including phenoxy) is 2. The van der Waals surface area contributed by atoms with E-state index in [0.717, 1.165) is 38.6 Å².